The largest absolute Gasteiger partial charge is 0.491 e. The van der Waals surface area contributed by atoms with E-state index < -0.39 is 15.9 Å². The van der Waals surface area contributed by atoms with Crippen LogP contribution in [0.4, 0.5) is 0 Å². The summed E-state index contributed by atoms with van der Waals surface area (Å²) >= 11 is 18.1. The highest BCUT2D eigenvalue weighted by atomic mass is 35.5. The molecule has 0 saturated carbocycles. The molecule has 1 N–H and O–H groups in total. The number of benzene rings is 2. The Labute approximate surface area is 195 Å². The van der Waals surface area contributed by atoms with Crippen molar-refractivity contribution in [2.24, 2.45) is 0 Å². The Hall–Kier alpha value is -2.26. The molecular weight excluding hydrogens is 485 g/mol. The molecule has 164 valence electrons. The van der Waals surface area contributed by atoms with Crippen LogP contribution in [0.2, 0.25) is 15.1 Å². The number of rotatable bonds is 6. The first-order chi connectivity index (χ1) is 14.5. The van der Waals surface area contributed by atoms with E-state index in [1.165, 1.54) is 18.3 Å². The first-order valence-electron chi connectivity index (χ1n) is 9.02. The molecule has 0 bridgehead atoms. The molecule has 1 aromatic heterocycles. The number of ether oxygens (including phenoxy) is 1. The molecule has 0 aliphatic heterocycles. The summed E-state index contributed by atoms with van der Waals surface area (Å²) in [5.41, 5.74) is 0.467. The third-order valence-corrected chi connectivity index (χ3v) is 6.28. The fourth-order valence-corrected chi connectivity index (χ4v) is 4.78. The quantitative estimate of drug-likeness (QED) is 0.509. The molecule has 3 aromatic rings. The van der Waals surface area contributed by atoms with Crippen LogP contribution >= 0.6 is 34.8 Å². The molecule has 0 radical (unpaired) electrons. The van der Waals surface area contributed by atoms with E-state index in [2.05, 4.69) is 4.98 Å². The number of hydrogen-bond donors (Lipinski definition) is 1. The van der Waals surface area contributed by atoms with E-state index in [0.717, 1.165) is 0 Å². The highest BCUT2D eigenvalue weighted by Gasteiger charge is 2.24. The molecule has 0 unspecified atom stereocenters. The molecule has 0 aliphatic rings. The van der Waals surface area contributed by atoms with Crippen molar-refractivity contribution >= 4 is 50.7 Å². The summed E-state index contributed by atoms with van der Waals surface area (Å²) in [5.74, 6) is -0.169. The fourth-order valence-electron chi connectivity index (χ4n) is 2.79. The molecule has 0 aliphatic carbocycles. The van der Waals surface area contributed by atoms with Crippen molar-refractivity contribution in [3.63, 3.8) is 0 Å². The number of carbonyl (C=O) groups excluding carboxylic acids is 1. The number of carbonyl (C=O) groups is 1. The Bertz CT molecular complexity index is 1240. The second-order valence-electron chi connectivity index (χ2n) is 6.86. The number of aromatic nitrogens is 2. The Morgan fingerprint density at radius 2 is 1.74 bits per heavy atom. The lowest BCUT2D eigenvalue weighted by Crippen LogP contribution is -2.31. The summed E-state index contributed by atoms with van der Waals surface area (Å²) in [7, 11) is -4.28. The van der Waals surface area contributed by atoms with Gasteiger partial charge in [-0.05, 0) is 51.1 Å². The molecule has 7 nitrogen and oxygen atoms in total. The first kappa shape index (κ1) is 23.4. The standard InChI is InChI=1S/C20H18Cl3N3O4S/c1-11(2)30-16-4-5-17(23)19(9-16)31(28,29)25-20(27)18-10-26(12(3)24-18)15-7-13(21)6-14(22)8-15/h4-11H,1-3H3,(H,25,27). The lowest BCUT2D eigenvalue weighted by atomic mass is 10.3. The normalized spacial score (nSPS) is 11.6. The van der Waals surface area contributed by atoms with E-state index in [4.69, 9.17) is 39.5 Å². The second kappa shape index (κ2) is 9.08. The maximum absolute atomic E-state index is 12.8. The van der Waals surface area contributed by atoms with Crippen LogP contribution in [-0.2, 0) is 10.0 Å². The van der Waals surface area contributed by atoms with Crippen molar-refractivity contribution in [3.8, 4) is 11.4 Å². The Morgan fingerprint density at radius 3 is 2.35 bits per heavy atom. The molecule has 2 aromatic carbocycles. The van der Waals surface area contributed by atoms with E-state index in [9.17, 15) is 13.2 Å². The third-order valence-electron chi connectivity index (χ3n) is 4.03. The summed E-state index contributed by atoms with van der Waals surface area (Å²) in [6.07, 6.45) is 1.22. The van der Waals surface area contributed by atoms with E-state index in [1.54, 1.807) is 49.6 Å². The molecule has 3 rings (SSSR count). The molecule has 0 spiro atoms. The molecular formula is C20H18Cl3N3O4S. The van der Waals surface area contributed by atoms with Gasteiger partial charge in [0.2, 0.25) is 0 Å². The van der Waals surface area contributed by atoms with Crippen molar-refractivity contribution in [1.82, 2.24) is 14.3 Å². The van der Waals surface area contributed by atoms with E-state index >= 15 is 0 Å². The zero-order valence-corrected chi connectivity index (χ0v) is 19.8. The monoisotopic (exact) mass is 501 g/mol. The third kappa shape index (κ3) is 5.51. The van der Waals surface area contributed by atoms with Gasteiger partial charge in [0.1, 0.15) is 22.2 Å². The Kier molecular flexibility index (Phi) is 6.85. The van der Waals surface area contributed by atoms with Gasteiger partial charge in [0, 0.05) is 28.0 Å². The van der Waals surface area contributed by atoms with E-state index in [-0.39, 0.29) is 21.7 Å². The van der Waals surface area contributed by atoms with Crippen LogP contribution in [0.25, 0.3) is 5.69 Å². The van der Waals surface area contributed by atoms with Crippen molar-refractivity contribution in [1.29, 1.82) is 0 Å². The molecule has 1 amide bonds. The van der Waals surface area contributed by atoms with E-state index in [0.29, 0.717) is 27.3 Å². The van der Waals surface area contributed by atoms with Gasteiger partial charge in [-0.3, -0.25) is 4.79 Å². The number of aryl methyl sites for hydroxylation is 1. The predicted molar refractivity (Wildman–Crippen MR) is 120 cm³/mol. The van der Waals surface area contributed by atoms with Crippen LogP contribution < -0.4 is 9.46 Å². The minimum atomic E-state index is -4.28. The zero-order chi connectivity index (χ0) is 22.9. The van der Waals surface area contributed by atoms with Crippen LogP contribution in [-0.4, -0.2) is 30.0 Å². The number of halogens is 3. The number of imidazole rings is 1. The van der Waals surface area contributed by atoms with Crippen LogP contribution in [0.3, 0.4) is 0 Å². The van der Waals surface area contributed by atoms with Gasteiger partial charge in [0.15, 0.2) is 0 Å². The van der Waals surface area contributed by atoms with Crippen LogP contribution in [0, 0.1) is 6.92 Å². The van der Waals surface area contributed by atoms with Crippen molar-refractivity contribution < 1.29 is 17.9 Å². The summed E-state index contributed by atoms with van der Waals surface area (Å²) in [5, 5.41) is 0.760. The number of nitrogens with one attached hydrogen (secondary N) is 1. The number of hydrogen-bond acceptors (Lipinski definition) is 5. The average molecular weight is 503 g/mol. The summed E-state index contributed by atoms with van der Waals surface area (Å²) in [4.78, 5) is 16.5. The van der Waals surface area contributed by atoms with Crippen molar-refractivity contribution in [2.75, 3.05) is 0 Å². The molecule has 1 heterocycles. The SMILES string of the molecule is Cc1nc(C(=O)NS(=O)(=O)c2cc(OC(C)C)ccc2Cl)cn1-c1cc(Cl)cc(Cl)c1. The minimum Gasteiger partial charge on any atom is -0.491 e. The van der Waals surface area contributed by atoms with Crippen LogP contribution in [0.1, 0.15) is 30.2 Å². The van der Waals surface area contributed by atoms with Gasteiger partial charge in [-0.1, -0.05) is 34.8 Å². The van der Waals surface area contributed by atoms with Crippen LogP contribution in [0.15, 0.2) is 47.5 Å². The molecule has 0 fully saturated rings. The lowest BCUT2D eigenvalue weighted by Gasteiger charge is -2.12. The van der Waals surface area contributed by atoms with Crippen molar-refractivity contribution in [3.05, 3.63) is 69.2 Å². The predicted octanol–water partition coefficient (Wildman–Crippen LogP) is 5.05. The van der Waals surface area contributed by atoms with E-state index in [1.807, 2.05) is 4.72 Å². The zero-order valence-electron chi connectivity index (χ0n) is 16.7. The lowest BCUT2D eigenvalue weighted by molar-refractivity contribution is 0.0977. The fraction of sp³-hybridized carbons (Fsp3) is 0.200. The summed E-state index contributed by atoms with van der Waals surface area (Å²) in [6.45, 7) is 5.26. The molecule has 31 heavy (non-hydrogen) atoms. The summed E-state index contributed by atoms with van der Waals surface area (Å²) < 4.78 is 34.6. The highest BCUT2D eigenvalue weighted by molar-refractivity contribution is 7.90. The van der Waals surface area contributed by atoms with Gasteiger partial charge in [-0.15, -0.1) is 0 Å². The number of amides is 1. The maximum Gasteiger partial charge on any atom is 0.285 e. The number of sulfonamides is 1. The minimum absolute atomic E-state index is 0.0494. The van der Waals surface area contributed by atoms with Gasteiger partial charge in [-0.25, -0.2) is 18.1 Å². The Morgan fingerprint density at radius 1 is 1.10 bits per heavy atom. The smallest absolute Gasteiger partial charge is 0.285 e. The Balaban J connectivity index is 1.90. The van der Waals surface area contributed by atoms with Gasteiger partial charge in [0.25, 0.3) is 15.9 Å². The first-order valence-corrected chi connectivity index (χ1v) is 11.6. The molecule has 0 saturated heterocycles. The average Bonchev–Trinajstić information content (AvgIpc) is 3.03. The number of nitrogens with zero attached hydrogens (tertiary/aromatic N) is 2. The molecule has 0 atom stereocenters. The highest BCUT2D eigenvalue weighted by Crippen LogP contribution is 2.27. The maximum atomic E-state index is 12.8. The van der Waals surface area contributed by atoms with Gasteiger partial charge < -0.3 is 9.30 Å². The van der Waals surface area contributed by atoms with Gasteiger partial charge in [-0.2, -0.15) is 0 Å². The molecule has 11 heteroatoms. The van der Waals surface area contributed by atoms with Gasteiger partial charge >= 0.3 is 0 Å². The second-order valence-corrected chi connectivity index (χ2v) is 9.80. The topological polar surface area (TPSA) is 90.3 Å². The van der Waals surface area contributed by atoms with Gasteiger partial charge in [0.05, 0.1) is 11.1 Å². The van der Waals surface area contributed by atoms with Crippen molar-refractivity contribution in [2.45, 2.75) is 31.8 Å². The summed E-state index contributed by atoms with van der Waals surface area (Å²) in [6, 6.07) is 9.04. The van der Waals surface area contributed by atoms with Crippen LogP contribution in [0.5, 0.6) is 5.75 Å².